The average Bonchev–Trinajstić information content (AvgIpc) is 2.90. The number of hydrogen-bond acceptors (Lipinski definition) is 5. The topological polar surface area (TPSA) is 60.9 Å². The molecule has 2 fully saturated rings. The number of aliphatic carboxylic acids is 1. The Labute approximate surface area is 169 Å². The van der Waals surface area contributed by atoms with E-state index in [9.17, 15) is 9.59 Å². The number of anilines is 1. The molecule has 7 heteroatoms. The summed E-state index contributed by atoms with van der Waals surface area (Å²) >= 11 is 6.27. The Morgan fingerprint density at radius 3 is 2.48 bits per heavy atom. The molecule has 0 bridgehead atoms. The lowest BCUT2D eigenvalue weighted by atomic mass is 9.78. The molecule has 144 valence electrons. The van der Waals surface area contributed by atoms with Gasteiger partial charge in [0.15, 0.2) is 0 Å². The van der Waals surface area contributed by atoms with Gasteiger partial charge >= 0.3 is 5.97 Å². The molecule has 2 aliphatic heterocycles. The summed E-state index contributed by atoms with van der Waals surface area (Å²) in [5, 5.41) is 8.90. The van der Waals surface area contributed by atoms with Crippen LogP contribution in [-0.4, -0.2) is 45.8 Å². The molecule has 0 aromatic heterocycles. The van der Waals surface area contributed by atoms with Gasteiger partial charge in [-0.25, -0.2) is 0 Å². The smallest absolute Gasteiger partial charge is 0.323 e. The van der Waals surface area contributed by atoms with Crippen LogP contribution in [0.15, 0.2) is 29.2 Å². The third-order valence-corrected chi connectivity index (χ3v) is 6.92. The van der Waals surface area contributed by atoms with Crippen LogP contribution in [0.4, 0.5) is 5.69 Å². The number of benzene rings is 1. The summed E-state index contributed by atoms with van der Waals surface area (Å²) in [6.07, 6.45) is 5.41. The highest BCUT2D eigenvalue weighted by Crippen LogP contribution is 2.36. The molecule has 2 saturated heterocycles. The average molecular weight is 405 g/mol. The number of thiocarbonyl (C=S) groups is 1. The first-order valence-electron chi connectivity index (χ1n) is 9.13. The highest BCUT2D eigenvalue weighted by Gasteiger charge is 2.33. The number of carbonyl (C=O) groups is 2. The molecule has 1 aromatic rings. The molecule has 0 spiro atoms. The molecule has 0 aliphatic carbocycles. The molecule has 0 atom stereocenters. The molecule has 0 radical (unpaired) electrons. The van der Waals surface area contributed by atoms with Crippen LogP contribution < -0.4 is 4.90 Å². The number of piperidine rings is 1. The number of amides is 1. The highest BCUT2D eigenvalue weighted by atomic mass is 32.2. The zero-order chi connectivity index (χ0) is 19.6. The second-order valence-corrected chi connectivity index (χ2v) is 9.08. The Morgan fingerprint density at radius 2 is 1.93 bits per heavy atom. The summed E-state index contributed by atoms with van der Waals surface area (Å²) < 4.78 is 0.289. The van der Waals surface area contributed by atoms with Crippen molar-refractivity contribution in [2.45, 2.75) is 33.1 Å². The van der Waals surface area contributed by atoms with Gasteiger partial charge in [0.1, 0.15) is 10.9 Å². The lowest BCUT2D eigenvalue weighted by molar-refractivity contribution is -0.140. The maximum absolute atomic E-state index is 12.3. The van der Waals surface area contributed by atoms with Crippen LogP contribution in [0, 0.1) is 5.41 Å². The fourth-order valence-electron chi connectivity index (χ4n) is 3.36. The van der Waals surface area contributed by atoms with E-state index in [1.165, 1.54) is 24.9 Å². The number of carboxylic acids is 1. The van der Waals surface area contributed by atoms with Gasteiger partial charge in [0.05, 0.1) is 4.91 Å². The van der Waals surface area contributed by atoms with Gasteiger partial charge in [-0.2, -0.15) is 0 Å². The first-order chi connectivity index (χ1) is 12.8. The van der Waals surface area contributed by atoms with Crippen molar-refractivity contribution in [1.29, 1.82) is 0 Å². The maximum Gasteiger partial charge on any atom is 0.323 e. The van der Waals surface area contributed by atoms with Crippen molar-refractivity contribution in [2.75, 3.05) is 24.5 Å². The molecule has 2 aliphatic rings. The molecule has 5 nitrogen and oxygen atoms in total. The normalized spacial score (nSPS) is 21.2. The van der Waals surface area contributed by atoms with Crippen LogP contribution in [0.5, 0.6) is 0 Å². The zero-order valence-electron chi connectivity index (χ0n) is 15.6. The third-order valence-electron chi connectivity index (χ3n) is 5.55. The van der Waals surface area contributed by atoms with Crippen molar-refractivity contribution in [1.82, 2.24) is 4.90 Å². The number of hydrogen-bond donors (Lipinski definition) is 1. The molecular weight excluding hydrogens is 380 g/mol. The van der Waals surface area contributed by atoms with E-state index < -0.39 is 12.5 Å². The molecule has 1 aromatic carbocycles. The lowest BCUT2D eigenvalue weighted by Gasteiger charge is -2.40. The predicted octanol–water partition coefficient (Wildman–Crippen LogP) is 3.99. The van der Waals surface area contributed by atoms with E-state index in [2.05, 4.69) is 30.9 Å². The van der Waals surface area contributed by atoms with Crippen molar-refractivity contribution in [3.05, 3.63) is 34.7 Å². The van der Waals surface area contributed by atoms with E-state index in [1.807, 2.05) is 12.1 Å². The van der Waals surface area contributed by atoms with E-state index in [0.717, 1.165) is 35.3 Å². The van der Waals surface area contributed by atoms with Crippen LogP contribution in [0.3, 0.4) is 0 Å². The SMILES string of the molecule is CCC1(C)CCN(c2ccc(C=C3SC(=S)N(CC(=O)O)C3=O)cc2)CC1. The van der Waals surface area contributed by atoms with Crippen molar-refractivity contribution >= 4 is 51.9 Å². The first kappa shape index (κ1) is 19.9. The Hall–Kier alpha value is -1.86. The van der Waals surface area contributed by atoms with Gasteiger partial charge in [0.25, 0.3) is 5.91 Å². The summed E-state index contributed by atoms with van der Waals surface area (Å²) in [7, 11) is 0. The number of rotatable bonds is 5. The Balaban J connectivity index is 1.68. The standard InChI is InChI=1S/C20H24N2O3S2/c1-3-20(2)8-10-21(11-9-20)15-6-4-14(5-7-15)12-16-18(25)22(13-17(23)24)19(26)27-16/h4-7,12H,3,8-11,13H2,1-2H3,(H,23,24). The third kappa shape index (κ3) is 4.52. The molecule has 1 N–H and O–H groups in total. The summed E-state index contributed by atoms with van der Waals surface area (Å²) in [6, 6.07) is 8.15. The van der Waals surface area contributed by atoms with Crippen LogP contribution in [0.25, 0.3) is 6.08 Å². The minimum Gasteiger partial charge on any atom is -0.480 e. The Kier molecular flexibility index (Phi) is 5.91. The summed E-state index contributed by atoms with van der Waals surface area (Å²) in [6.45, 7) is 6.37. The van der Waals surface area contributed by atoms with E-state index in [1.54, 1.807) is 6.08 Å². The molecule has 2 heterocycles. The van der Waals surface area contributed by atoms with E-state index in [0.29, 0.717) is 10.3 Å². The first-order valence-corrected chi connectivity index (χ1v) is 10.4. The van der Waals surface area contributed by atoms with E-state index in [4.69, 9.17) is 17.3 Å². The second kappa shape index (κ2) is 8.02. The Bertz CT molecular complexity index is 781. The van der Waals surface area contributed by atoms with Gasteiger partial charge in [-0.15, -0.1) is 0 Å². The molecule has 3 rings (SSSR count). The monoisotopic (exact) mass is 404 g/mol. The van der Waals surface area contributed by atoms with Crippen LogP contribution >= 0.6 is 24.0 Å². The van der Waals surface area contributed by atoms with Gasteiger partial charge in [0.2, 0.25) is 0 Å². The zero-order valence-corrected chi connectivity index (χ0v) is 17.2. The summed E-state index contributed by atoms with van der Waals surface area (Å²) in [5.41, 5.74) is 2.56. The second-order valence-electron chi connectivity index (χ2n) is 7.40. The van der Waals surface area contributed by atoms with Crippen LogP contribution in [0.1, 0.15) is 38.7 Å². The van der Waals surface area contributed by atoms with E-state index in [-0.39, 0.29) is 10.2 Å². The minimum atomic E-state index is -1.07. The van der Waals surface area contributed by atoms with Gasteiger partial charge < -0.3 is 10.0 Å². The van der Waals surface area contributed by atoms with Crippen LogP contribution in [-0.2, 0) is 9.59 Å². The highest BCUT2D eigenvalue weighted by molar-refractivity contribution is 8.26. The lowest BCUT2D eigenvalue weighted by Crippen LogP contribution is -2.38. The number of thioether (sulfide) groups is 1. The molecular formula is C20H24N2O3S2. The summed E-state index contributed by atoms with van der Waals surface area (Å²) in [4.78, 5) is 27.2. The summed E-state index contributed by atoms with van der Waals surface area (Å²) in [5.74, 6) is -1.41. The van der Waals surface area contributed by atoms with Crippen LogP contribution in [0.2, 0.25) is 0 Å². The molecule has 27 heavy (non-hydrogen) atoms. The van der Waals surface area contributed by atoms with Gasteiger partial charge in [0, 0.05) is 18.8 Å². The Morgan fingerprint density at radius 1 is 1.30 bits per heavy atom. The number of carboxylic acid groups (broad SMARTS) is 1. The van der Waals surface area contributed by atoms with Crippen molar-refractivity contribution in [3.8, 4) is 0 Å². The van der Waals surface area contributed by atoms with Gasteiger partial charge in [-0.3, -0.25) is 14.5 Å². The quantitative estimate of drug-likeness (QED) is 0.591. The van der Waals surface area contributed by atoms with Gasteiger partial charge in [-0.05, 0) is 42.0 Å². The fraction of sp³-hybridized carbons (Fsp3) is 0.450. The largest absolute Gasteiger partial charge is 0.480 e. The van der Waals surface area contributed by atoms with Crippen molar-refractivity contribution in [2.24, 2.45) is 5.41 Å². The molecule has 0 saturated carbocycles. The predicted molar refractivity (Wildman–Crippen MR) is 114 cm³/mol. The van der Waals surface area contributed by atoms with Gasteiger partial charge in [-0.1, -0.05) is 56.4 Å². The molecule has 1 amide bonds. The minimum absolute atomic E-state index is 0.289. The number of carbonyl (C=O) groups excluding carboxylic acids is 1. The number of nitrogens with zero attached hydrogens (tertiary/aromatic N) is 2. The van der Waals surface area contributed by atoms with Crippen molar-refractivity contribution < 1.29 is 14.7 Å². The maximum atomic E-state index is 12.3. The van der Waals surface area contributed by atoms with E-state index >= 15 is 0 Å². The molecule has 0 unspecified atom stereocenters. The van der Waals surface area contributed by atoms with Crippen molar-refractivity contribution in [3.63, 3.8) is 0 Å². The fourth-order valence-corrected chi connectivity index (χ4v) is 4.62.